The largest absolute Gasteiger partial charge is 0.414 e. The van der Waals surface area contributed by atoms with Crippen LogP contribution >= 0.6 is 0 Å². The third-order valence-electron chi connectivity index (χ3n) is 9.73. The highest BCUT2D eigenvalue weighted by atomic mass is 32.2. The minimum atomic E-state index is -6.43. The van der Waals surface area contributed by atoms with Crippen LogP contribution in [-0.2, 0) is 59.6 Å². The van der Waals surface area contributed by atoms with Crippen molar-refractivity contribution in [1.29, 1.82) is 0 Å². The van der Waals surface area contributed by atoms with Crippen LogP contribution in [0.1, 0.15) is 170 Å². The molecule has 0 radical (unpaired) electrons. The van der Waals surface area contributed by atoms with Crippen LogP contribution < -0.4 is 0 Å². The molecule has 0 N–H and O–H groups in total. The lowest BCUT2D eigenvalue weighted by Crippen LogP contribution is -2.86. The van der Waals surface area contributed by atoms with E-state index in [1.807, 2.05) is 0 Å². The Hall–Kier alpha value is -1.59. The van der Waals surface area contributed by atoms with Gasteiger partial charge in [0.15, 0.2) is 0 Å². The van der Waals surface area contributed by atoms with Gasteiger partial charge in [0.2, 0.25) is 50.1 Å². The molecule has 0 atom stereocenters. The molecular formula is C36H70F5N5O12S5. The maximum Gasteiger partial charge on any atom is 0.362 e. The van der Waals surface area contributed by atoms with Gasteiger partial charge in [0.25, 0.3) is 0 Å². The highest BCUT2D eigenvalue weighted by Crippen LogP contribution is 2.51. The second-order valence-electron chi connectivity index (χ2n) is 15.4. The topological polar surface area (TPSA) is 213 Å². The average molecular weight is 1020 g/mol. The standard InChI is InChI=1S/C36H70F5N5O12S5/c1-8-13-18-23-28-59(48,49)42(37)35(43(38)60(50,51)29-24-19-14-9-2,44(39)61(52,53)30-25-20-15-10-3)36(58-34(47)33(6)7,45(40)62(54,55)31-26-21-16-11-4)46(41)63(56,57)32-27-22-17-12-5/h6,8-32H2,1-5,7H3. The SMILES string of the molecule is C=C(C)C(=O)OC(N(F)S(=O)(=O)CCCCCC)(N(F)S(=O)(=O)CCCCCC)C(N(F)S(=O)(=O)CCCCCC)(N(F)S(=O)(=O)CCCCCC)N(F)S(=O)(=O)CCCCCC. The van der Waals surface area contributed by atoms with Crippen molar-refractivity contribution in [2.75, 3.05) is 28.8 Å². The Balaban J connectivity index is 9.71. The van der Waals surface area contributed by atoms with Gasteiger partial charge in [-0.15, -0.1) is 22.4 Å². The van der Waals surface area contributed by atoms with E-state index in [4.69, 9.17) is 4.74 Å². The van der Waals surface area contributed by atoms with Crippen molar-refractivity contribution in [3.63, 3.8) is 0 Å². The lowest BCUT2D eigenvalue weighted by Gasteiger charge is -2.52. The summed E-state index contributed by atoms with van der Waals surface area (Å²) >= 11 is 0. The normalized spacial score (nSPS) is 13.8. The number of nitrogens with zero attached hydrogens (tertiary/aromatic N) is 5. The molecule has 17 nitrogen and oxygen atoms in total. The minimum absolute atomic E-state index is 0.0769. The number of sulfonamides is 5. The quantitative estimate of drug-likeness (QED) is 0.0144. The first kappa shape index (κ1) is 61.4. The van der Waals surface area contributed by atoms with Crippen LogP contribution in [0.5, 0.6) is 0 Å². The smallest absolute Gasteiger partial charge is 0.362 e. The fourth-order valence-corrected chi connectivity index (χ4v) is 13.1. The zero-order valence-electron chi connectivity index (χ0n) is 37.5. The molecule has 0 saturated carbocycles. The molecule has 63 heavy (non-hydrogen) atoms. The molecule has 0 aliphatic rings. The summed E-state index contributed by atoms with van der Waals surface area (Å²) in [6, 6.07) is 0. The lowest BCUT2D eigenvalue weighted by atomic mass is 10.2. The molecule has 0 aromatic rings. The van der Waals surface area contributed by atoms with Crippen molar-refractivity contribution in [2.24, 2.45) is 0 Å². The fourth-order valence-electron chi connectivity index (χ4n) is 6.10. The van der Waals surface area contributed by atoms with Gasteiger partial charge >= 0.3 is 17.6 Å². The molecule has 0 bridgehead atoms. The van der Waals surface area contributed by atoms with Crippen LogP contribution in [0, 0.1) is 0 Å². The first-order chi connectivity index (χ1) is 29.2. The number of carbonyl (C=O) groups excluding carboxylic acids is 1. The second-order valence-corrected chi connectivity index (χ2v) is 24.8. The van der Waals surface area contributed by atoms with Crippen molar-refractivity contribution in [2.45, 2.75) is 182 Å². The Morgan fingerprint density at radius 3 is 0.810 bits per heavy atom. The van der Waals surface area contributed by atoms with Gasteiger partial charge in [0, 0.05) is 28.2 Å². The molecule has 0 fully saturated rings. The Labute approximate surface area is 373 Å². The van der Waals surface area contributed by atoms with E-state index in [0.29, 0.717) is 39.0 Å². The van der Waals surface area contributed by atoms with E-state index in [9.17, 15) is 46.9 Å². The van der Waals surface area contributed by atoms with Gasteiger partial charge in [0.05, 0.1) is 28.8 Å². The zero-order valence-corrected chi connectivity index (χ0v) is 41.5. The van der Waals surface area contributed by atoms with Crippen LogP contribution in [0.4, 0.5) is 22.4 Å². The highest BCUT2D eigenvalue weighted by molar-refractivity contribution is 7.91. The number of ether oxygens (including phenoxy) is 1. The van der Waals surface area contributed by atoms with Crippen LogP contribution in [0.25, 0.3) is 0 Å². The lowest BCUT2D eigenvalue weighted by molar-refractivity contribution is -0.409. The molecule has 376 valence electrons. The number of hydrogen-bond donors (Lipinski definition) is 0. The molecule has 0 rings (SSSR count). The van der Waals surface area contributed by atoms with Crippen molar-refractivity contribution in [3.8, 4) is 0 Å². The number of esters is 1. The van der Waals surface area contributed by atoms with Gasteiger partial charge in [-0.05, 0) is 39.0 Å². The van der Waals surface area contributed by atoms with E-state index in [-0.39, 0.29) is 64.2 Å². The summed E-state index contributed by atoms with van der Waals surface area (Å²) in [5.41, 5.74) is -1.11. The number of hydrogen-bond acceptors (Lipinski definition) is 12. The monoisotopic (exact) mass is 1020 g/mol. The summed E-state index contributed by atoms with van der Waals surface area (Å²) in [5.74, 6) is -23.0. The Morgan fingerprint density at radius 1 is 0.413 bits per heavy atom. The maximum absolute atomic E-state index is 18.0. The van der Waals surface area contributed by atoms with E-state index in [1.54, 1.807) is 34.6 Å². The van der Waals surface area contributed by atoms with Gasteiger partial charge in [-0.1, -0.05) is 138 Å². The van der Waals surface area contributed by atoms with Crippen LogP contribution in [-0.4, -0.2) is 111 Å². The van der Waals surface area contributed by atoms with E-state index < -0.39 is 157 Å². The Bertz CT molecular complexity index is 1800. The third-order valence-corrected chi connectivity index (χ3v) is 17.5. The van der Waals surface area contributed by atoms with Crippen LogP contribution in [0.3, 0.4) is 0 Å². The third kappa shape index (κ3) is 16.6. The summed E-state index contributed by atoms with van der Waals surface area (Å²) in [5, 5.41) is 0. The summed E-state index contributed by atoms with van der Waals surface area (Å²) in [4.78, 5) is 13.6. The van der Waals surface area contributed by atoms with Gasteiger partial charge in [-0.25, -0.2) is 46.9 Å². The highest BCUT2D eigenvalue weighted by Gasteiger charge is 2.85. The van der Waals surface area contributed by atoms with Crippen LogP contribution in [0.2, 0.25) is 0 Å². The Kier molecular flexibility index (Phi) is 27.2. The Morgan fingerprint density at radius 2 is 0.619 bits per heavy atom. The van der Waals surface area contributed by atoms with Crippen molar-refractivity contribution >= 4 is 56.1 Å². The molecule has 0 unspecified atom stereocenters. The van der Waals surface area contributed by atoms with E-state index in [0.717, 1.165) is 0 Å². The number of halogens is 5. The molecule has 0 aliphatic heterocycles. The minimum Gasteiger partial charge on any atom is -0.414 e. The summed E-state index contributed by atoms with van der Waals surface area (Å²) < 4.78 is 224. The van der Waals surface area contributed by atoms with Gasteiger partial charge < -0.3 is 4.74 Å². The molecular weight excluding hydrogens is 950 g/mol. The van der Waals surface area contributed by atoms with Crippen molar-refractivity contribution in [1.82, 2.24) is 22.6 Å². The molecule has 27 heteroatoms. The van der Waals surface area contributed by atoms with E-state index in [2.05, 4.69) is 6.58 Å². The molecule has 0 amide bonds. The molecule has 0 saturated heterocycles. The predicted octanol–water partition coefficient (Wildman–Crippen LogP) is 7.90. The van der Waals surface area contributed by atoms with Gasteiger partial charge in [-0.3, -0.25) is 0 Å². The molecule has 0 aliphatic carbocycles. The van der Waals surface area contributed by atoms with Crippen molar-refractivity contribution in [3.05, 3.63) is 12.2 Å². The molecule has 0 spiro atoms. The van der Waals surface area contributed by atoms with Gasteiger partial charge in [0.1, 0.15) is 0 Å². The summed E-state index contributed by atoms with van der Waals surface area (Å²) in [6.07, 6.45) is -0.371. The number of carbonyl (C=O) groups is 1. The predicted molar refractivity (Wildman–Crippen MR) is 231 cm³/mol. The molecule has 0 aromatic heterocycles. The second kappa shape index (κ2) is 27.9. The van der Waals surface area contributed by atoms with E-state index in [1.165, 1.54) is 0 Å². The first-order valence-corrected chi connectivity index (χ1v) is 29.5. The van der Waals surface area contributed by atoms with E-state index >= 15 is 22.4 Å². The van der Waals surface area contributed by atoms with Gasteiger partial charge in [-0.2, -0.15) is 0 Å². The summed E-state index contributed by atoms with van der Waals surface area (Å²) in [7, 11) is -32.0. The first-order valence-electron chi connectivity index (χ1n) is 21.5. The van der Waals surface area contributed by atoms with Crippen molar-refractivity contribution < 1.29 is 74.0 Å². The summed E-state index contributed by atoms with van der Waals surface area (Å²) in [6.45, 7) is 12.1. The number of unbranched alkanes of at least 4 members (excludes halogenated alkanes) is 15. The average Bonchev–Trinajstić information content (AvgIpc) is 3.21. The van der Waals surface area contributed by atoms with Crippen LogP contribution in [0.15, 0.2) is 12.2 Å². The number of rotatable bonds is 38. The molecule has 0 heterocycles. The maximum atomic E-state index is 18.0. The fraction of sp³-hybridized carbons (Fsp3) is 0.917. The molecule has 0 aromatic carbocycles. The zero-order chi connectivity index (χ0) is 48.9.